The largest absolute Gasteiger partial charge is 0.494 e. The molecule has 6 nitrogen and oxygen atoms in total. The minimum absolute atomic E-state index is 0.183. The van der Waals surface area contributed by atoms with Crippen LogP contribution in [0.5, 0.6) is 5.75 Å². The maximum atomic E-state index is 12.3. The number of carbonyl (C=O) groups excluding carboxylic acids is 1. The summed E-state index contributed by atoms with van der Waals surface area (Å²) in [6, 6.07) is 11.1. The molecule has 0 saturated heterocycles. The molecular formula is C19H22N4O2. The molecule has 6 heteroatoms. The van der Waals surface area contributed by atoms with Crippen LogP contribution in [0, 0.1) is 6.92 Å². The van der Waals surface area contributed by atoms with E-state index < -0.39 is 0 Å². The number of nitrogens with one attached hydrogen (secondary N) is 3. The van der Waals surface area contributed by atoms with Crippen LogP contribution in [0.3, 0.4) is 0 Å². The summed E-state index contributed by atoms with van der Waals surface area (Å²) in [6.45, 7) is 6.49. The number of rotatable bonds is 5. The first-order valence-electron chi connectivity index (χ1n) is 8.31. The number of H-pyrrole nitrogens is 1. The number of carbonyl (C=O) groups is 1. The Bertz CT molecular complexity index is 888. The van der Waals surface area contributed by atoms with Crippen molar-refractivity contribution in [2.24, 2.45) is 0 Å². The maximum Gasteiger partial charge on any atom is 0.319 e. The number of urea groups is 1. The summed E-state index contributed by atoms with van der Waals surface area (Å²) in [5, 5.41) is 5.81. The first-order valence-corrected chi connectivity index (χ1v) is 8.31. The van der Waals surface area contributed by atoms with E-state index in [1.54, 1.807) is 6.33 Å². The van der Waals surface area contributed by atoms with Crippen LogP contribution < -0.4 is 15.4 Å². The molecule has 2 amide bonds. The van der Waals surface area contributed by atoms with Crippen LogP contribution >= 0.6 is 0 Å². The Kier molecular flexibility index (Phi) is 4.88. The number of hydrogen-bond donors (Lipinski definition) is 3. The van der Waals surface area contributed by atoms with E-state index in [-0.39, 0.29) is 12.1 Å². The second-order valence-corrected chi connectivity index (χ2v) is 5.93. The summed E-state index contributed by atoms with van der Waals surface area (Å²) >= 11 is 0. The van der Waals surface area contributed by atoms with Gasteiger partial charge in [0.1, 0.15) is 5.75 Å². The van der Waals surface area contributed by atoms with E-state index in [1.807, 2.05) is 57.2 Å². The van der Waals surface area contributed by atoms with E-state index in [0.717, 1.165) is 27.9 Å². The highest BCUT2D eigenvalue weighted by Crippen LogP contribution is 2.26. The van der Waals surface area contributed by atoms with E-state index in [0.29, 0.717) is 12.3 Å². The second-order valence-electron chi connectivity index (χ2n) is 5.93. The van der Waals surface area contributed by atoms with E-state index in [2.05, 4.69) is 20.6 Å². The van der Waals surface area contributed by atoms with Gasteiger partial charge in [0.15, 0.2) is 0 Å². The summed E-state index contributed by atoms with van der Waals surface area (Å²) in [5.41, 5.74) is 4.53. The topological polar surface area (TPSA) is 79.0 Å². The first-order chi connectivity index (χ1) is 12.1. The minimum Gasteiger partial charge on any atom is -0.494 e. The van der Waals surface area contributed by atoms with E-state index in [9.17, 15) is 4.79 Å². The number of aromatic amines is 1. The molecule has 0 fully saturated rings. The van der Waals surface area contributed by atoms with Gasteiger partial charge < -0.3 is 20.4 Å². The average Bonchev–Trinajstić information content (AvgIpc) is 3.04. The van der Waals surface area contributed by atoms with Gasteiger partial charge in [0.25, 0.3) is 0 Å². The van der Waals surface area contributed by atoms with Gasteiger partial charge >= 0.3 is 6.03 Å². The molecule has 0 radical (unpaired) electrons. The number of nitrogens with zero attached hydrogens (tertiary/aromatic N) is 1. The zero-order valence-corrected chi connectivity index (χ0v) is 14.6. The predicted octanol–water partition coefficient (Wildman–Crippen LogP) is 4.15. The first kappa shape index (κ1) is 16.8. The van der Waals surface area contributed by atoms with Crippen molar-refractivity contribution >= 4 is 22.8 Å². The van der Waals surface area contributed by atoms with Crippen molar-refractivity contribution in [2.75, 3.05) is 11.9 Å². The van der Waals surface area contributed by atoms with Crippen molar-refractivity contribution in [1.82, 2.24) is 15.3 Å². The molecular weight excluding hydrogens is 316 g/mol. The highest BCUT2D eigenvalue weighted by molar-refractivity contribution is 5.92. The minimum atomic E-state index is -0.268. The Hall–Kier alpha value is -3.02. The van der Waals surface area contributed by atoms with Crippen LogP contribution in [0.2, 0.25) is 0 Å². The lowest BCUT2D eigenvalue weighted by molar-refractivity contribution is 0.249. The lowest BCUT2D eigenvalue weighted by atomic mass is 10.0. The number of amides is 2. The summed E-state index contributed by atoms with van der Waals surface area (Å²) in [4.78, 5) is 19.5. The molecule has 1 atom stereocenters. The van der Waals surface area contributed by atoms with Crippen molar-refractivity contribution in [1.29, 1.82) is 0 Å². The number of aryl methyl sites for hydroxylation is 1. The zero-order valence-electron chi connectivity index (χ0n) is 14.6. The molecule has 1 unspecified atom stereocenters. The molecule has 2 aromatic carbocycles. The molecule has 0 spiro atoms. The average molecular weight is 338 g/mol. The Morgan fingerprint density at radius 2 is 2.12 bits per heavy atom. The number of aromatic nitrogens is 2. The molecule has 0 bridgehead atoms. The number of benzene rings is 2. The Balaban J connectivity index is 1.70. The smallest absolute Gasteiger partial charge is 0.319 e. The number of fused-ring (bicyclic) bond motifs is 1. The van der Waals surface area contributed by atoms with Crippen molar-refractivity contribution in [3.05, 3.63) is 53.9 Å². The molecule has 1 heterocycles. The van der Waals surface area contributed by atoms with Crippen molar-refractivity contribution in [3.63, 3.8) is 0 Å². The van der Waals surface area contributed by atoms with Gasteiger partial charge in [-0.1, -0.05) is 17.7 Å². The van der Waals surface area contributed by atoms with Crippen molar-refractivity contribution < 1.29 is 9.53 Å². The molecule has 3 N–H and O–H groups in total. The highest BCUT2D eigenvalue weighted by atomic mass is 16.5. The van der Waals surface area contributed by atoms with Crippen LogP contribution in [0.25, 0.3) is 11.0 Å². The molecule has 0 aliphatic heterocycles. The molecule has 0 aliphatic carbocycles. The van der Waals surface area contributed by atoms with Gasteiger partial charge in [0, 0.05) is 11.3 Å². The monoisotopic (exact) mass is 338 g/mol. The Morgan fingerprint density at radius 3 is 2.92 bits per heavy atom. The van der Waals surface area contributed by atoms with Crippen LogP contribution in [0.4, 0.5) is 10.5 Å². The van der Waals surface area contributed by atoms with E-state index in [4.69, 9.17) is 4.74 Å². The standard InChI is InChI=1S/C19H22N4O2/c1-4-25-18-8-5-12(2)9-15(18)13(3)22-19(24)23-14-6-7-16-17(10-14)21-11-20-16/h5-11,13H,4H2,1-3H3,(H,20,21)(H2,22,23,24). The van der Waals surface area contributed by atoms with Gasteiger partial charge in [0.05, 0.1) is 30.0 Å². The molecule has 130 valence electrons. The maximum absolute atomic E-state index is 12.3. The number of anilines is 1. The third-order valence-electron chi connectivity index (χ3n) is 3.96. The molecule has 0 aliphatic rings. The highest BCUT2D eigenvalue weighted by Gasteiger charge is 2.15. The fourth-order valence-corrected chi connectivity index (χ4v) is 2.75. The van der Waals surface area contributed by atoms with Crippen molar-refractivity contribution in [2.45, 2.75) is 26.8 Å². The Morgan fingerprint density at radius 1 is 1.28 bits per heavy atom. The predicted molar refractivity (Wildman–Crippen MR) is 99.0 cm³/mol. The van der Waals surface area contributed by atoms with Gasteiger partial charge in [-0.2, -0.15) is 0 Å². The summed E-state index contributed by atoms with van der Waals surface area (Å²) in [5.74, 6) is 0.791. The molecule has 25 heavy (non-hydrogen) atoms. The molecule has 0 saturated carbocycles. The summed E-state index contributed by atoms with van der Waals surface area (Å²) in [7, 11) is 0. The quantitative estimate of drug-likeness (QED) is 0.654. The number of ether oxygens (including phenoxy) is 1. The van der Waals surface area contributed by atoms with Crippen LogP contribution in [-0.4, -0.2) is 22.6 Å². The van der Waals surface area contributed by atoms with E-state index in [1.165, 1.54) is 0 Å². The molecule has 3 rings (SSSR count). The van der Waals surface area contributed by atoms with Gasteiger partial charge in [-0.25, -0.2) is 9.78 Å². The summed E-state index contributed by atoms with van der Waals surface area (Å²) < 4.78 is 5.67. The lowest BCUT2D eigenvalue weighted by Gasteiger charge is -2.19. The second kappa shape index (κ2) is 7.25. The van der Waals surface area contributed by atoms with Crippen molar-refractivity contribution in [3.8, 4) is 5.75 Å². The molecule has 3 aromatic rings. The Labute approximate surface area is 146 Å². The van der Waals surface area contributed by atoms with Gasteiger partial charge in [-0.3, -0.25) is 0 Å². The number of hydrogen-bond acceptors (Lipinski definition) is 3. The molecule has 1 aromatic heterocycles. The zero-order chi connectivity index (χ0) is 17.8. The fourth-order valence-electron chi connectivity index (χ4n) is 2.75. The van der Waals surface area contributed by atoms with Crippen LogP contribution in [-0.2, 0) is 0 Å². The lowest BCUT2D eigenvalue weighted by Crippen LogP contribution is -2.31. The normalized spacial score (nSPS) is 12.0. The third-order valence-corrected chi connectivity index (χ3v) is 3.96. The summed E-state index contributed by atoms with van der Waals surface area (Å²) in [6.07, 6.45) is 1.63. The van der Waals surface area contributed by atoms with Gasteiger partial charge in [0.2, 0.25) is 0 Å². The van der Waals surface area contributed by atoms with Crippen LogP contribution in [0.1, 0.15) is 31.0 Å². The third kappa shape index (κ3) is 3.91. The number of imidazole rings is 1. The van der Waals surface area contributed by atoms with Crippen LogP contribution in [0.15, 0.2) is 42.7 Å². The fraction of sp³-hybridized carbons (Fsp3) is 0.263. The SMILES string of the molecule is CCOc1ccc(C)cc1C(C)NC(=O)Nc1ccc2nc[nH]c2c1. The van der Waals surface area contributed by atoms with E-state index >= 15 is 0 Å². The van der Waals surface area contributed by atoms with Gasteiger partial charge in [-0.15, -0.1) is 0 Å². The van der Waals surface area contributed by atoms with Gasteiger partial charge in [-0.05, 0) is 45.0 Å².